The number of nitrogens with zero attached hydrogens (tertiary/aromatic N) is 1. The van der Waals surface area contributed by atoms with Gasteiger partial charge < -0.3 is 4.74 Å². The van der Waals surface area contributed by atoms with Crippen LogP contribution in [0.1, 0.15) is 48.0 Å². The molecule has 2 rings (SSSR count). The van der Waals surface area contributed by atoms with Crippen LogP contribution in [0.3, 0.4) is 0 Å². The van der Waals surface area contributed by atoms with E-state index < -0.39 is 26.8 Å². The van der Waals surface area contributed by atoms with Crippen molar-refractivity contribution in [3.05, 3.63) is 11.6 Å². The fourth-order valence-electron chi connectivity index (χ4n) is 3.87. The van der Waals surface area contributed by atoms with Gasteiger partial charge in [-0.3, -0.25) is 9.59 Å². The number of piperidine rings is 1. The predicted octanol–water partition coefficient (Wildman–Crippen LogP) is 2.15. The summed E-state index contributed by atoms with van der Waals surface area (Å²) in [5.41, 5.74) is 0.817. The molecule has 0 bridgehead atoms. The average molecular weight is 371 g/mol. The van der Waals surface area contributed by atoms with E-state index >= 15 is 0 Å². The van der Waals surface area contributed by atoms with E-state index in [1.54, 1.807) is 33.8 Å². The van der Waals surface area contributed by atoms with Crippen LogP contribution < -0.4 is 0 Å². The summed E-state index contributed by atoms with van der Waals surface area (Å²) >= 11 is 0. The number of fused-ring (bicyclic) bond motifs is 1. The molecule has 0 radical (unpaired) electrons. The molecular formula is C18H29NO5S. The van der Waals surface area contributed by atoms with Crippen LogP contribution in [0.25, 0.3) is 0 Å². The minimum absolute atomic E-state index is 0.00302. The van der Waals surface area contributed by atoms with Gasteiger partial charge >= 0.3 is 5.97 Å². The quantitative estimate of drug-likeness (QED) is 0.707. The highest BCUT2D eigenvalue weighted by Gasteiger charge is 2.54. The highest BCUT2D eigenvalue weighted by Crippen LogP contribution is 2.45. The van der Waals surface area contributed by atoms with Gasteiger partial charge in [-0.05, 0) is 57.1 Å². The van der Waals surface area contributed by atoms with Crippen LogP contribution in [-0.4, -0.2) is 48.4 Å². The molecule has 0 N–H and O–H groups in total. The van der Waals surface area contributed by atoms with Gasteiger partial charge in [0.25, 0.3) is 0 Å². The zero-order chi connectivity index (χ0) is 19.2. The van der Waals surface area contributed by atoms with Crippen LogP contribution in [0.4, 0.5) is 0 Å². The number of hydrogen-bond donors (Lipinski definition) is 0. The fourth-order valence-corrected chi connectivity index (χ4v) is 5.42. The number of sulfonamides is 1. The Morgan fingerprint density at radius 2 is 1.96 bits per heavy atom. The Morgan fingerprint density at radius 1 is 1.36 bits per heavy atom. The standard InChI is InChI=1S/C18H29NO5S/c1-7-24-17(21)16-15(11(2)3)14-9-13(20)8-12(14)10-19(16)25(22,23)18(4,5)6/h8,11,14-16H,7,9-10H2,1-6H3/t14-,15+,16-/m0/s1. The van der Waals surface area contributed by atoms with Gasteiger partial charge in [0.2, 0.25) is 10.0 Å². The zero-order valence-electron chi connectivity index (χ0n) is 15.9. The molecule has 0 spiro atoms. The predicted molar refractivity (Wildman–Crippen MR) is 95.3 cm³/mol. The number of esters is 1. The minimum Gasteiger partial charge on any atom is -0.465 e. The smallest absolute Gasteiger partial charge is 0.324 e. The van der Waals surface area contributed by atoms with Crippen LogP contribution in [0.2, 0.25) is 0 Å². The lowest BCUT2D eigenvalue weighted by atomic mass is 9.72. The van der Waals surface area contributed by atoms with Crippen molar-refractivity contribution in [3.8, 4) is 0 Å². The lowest BCUT2D eigenvalue weighted by molar-refractivity contribution is -0.152. The molecule has 1 saturated heterocycles. The van der Waals surface area contributed by atoms with Crippen molar-refractivity contribution in [3.63, 3.8) is 0 Å². The van der Waals surface area contributed by atoms with E-state index in [2.05, 4.69) is 0 Å². The maximum Gasteiger partial charge on any atom is 0.324 e. The first-order valence-electron chi connectivity index (χ1n) is 8.83. The van der Waals surface area contributed by atoms with Gasteiger partial charge in [0, 0.05) is 13.0 Å². The van der Waals surface area contributed by atoms with Crippen molar-refractivity contribution in [1.82, 2.24) is 4.31 Å². The Labute approximate surface area is 150 Å². The molecular weight excluding hydrogens is 342 g/mol. The zero-order valence-corrected chi connectivity index (χ0v) is 16.7. The maximum absolute atomic E-state index is 13.2. The Bertz CT molecular complexity index is 687. The number of hydrogen-bond acceptors (Lipinski definition) is 5. The van der Waals surface area contributed by atoms with Gasteiger partial charge in [-0.1, -0.05) is 13.8 Å². The third-order valence-corrected chi connectivity index (χ3v) is 7.62. The summed E-state index contributed by atoms with van der Waals surface area (Å²) in [6.07, 6.45) is 1.91. The van der Waals surface area contributed by atoms with Gasteiger partial charge in [-0.15, -0.1) is 0 Å². The maximum atomic E-state index is 13.2. The Hall–Kier alpha value is -1.21. The van der Waals surface area contributed by atoms with Gasteiger partial charge in [-0.2, -0.15) is 4.31 Å². The first-order valence-corrected chi connectivity index (χ1v) is 10.3. The van der Waals surface area contributed by atoms with Crippen molar-refractivity contribution in [2.75, 3.05) is 13.2 Å². The van der Waals surface area contributed by atoms with Crippen LogP contribution in [0.5, 0.6) is 0 Å². The molecule has 1 fully saturated rings. The average Bonchev–Trinajstić information content (AvgIpc) is 2.83. The monoisotopic (exact) mass is 371 g/mol. The molecule has 1 heterocycles. The number of rotatable bonds is 4. The Kier molecular flexibility index (Phi) is 5.50. The van der Waals surface area contributed by atoms with E-state index in [0.717, 1.165) is 5.57 Å². The second kappa shape index (κ2) is 6.83. The number of carbonyl (C=O) groups excluding carboxylic acids is 2. The molecule has 1 aliphatic heterocycles. The number of allylic oxidation sites excluding steroid dienone is 1. The molecule has 6 nitrogen and oxygen atoms in total. The van der Waals surface area contributed by atoms with E-state index in [0.29, 0.717) is 6.42 Å². The third-order valence-electron chi connectivity index (χ3n) is 5.10. The van der Waals surface area contributed by atoms with Crippen LogP contribution in [0, 0.1) is 17.8 Å². The van der Waals surface area contributed by atoms with E-state index in [1.807, 2.05) is 13.8 Å². The Balaban J connectivity index is 2.59. The van der Waals surface area contributed by atoms with Gasteiger partial charge in [0.15, 0.2) is 5.78 Å². The number of ether oxygens (including phenoxy) is 1. The molecule has 0 saturated carbocycles. The lowest BCUT2D eigenvalue weighted by Crippen LogP contribution is -2.60. The SMILES string of the molecule is CCOC(=O)[C@@H]1[C@H](C(C)C)[C@H]2CC(=O)C=C2CN1S(=O)(=O)C(C)(C)C. The van der Waals surface area contributed by atoms with Crippen molar-refractivity contribution in [2.24, 2.45) is 17.8 Å². The molecule has 0 aromatic carbocycles. The first-order chi connectivity index (χ1) is 11.4. The molecule has 0 unspecified atom stereocenters. The molecule has 0 amide bonds. The first kappa shape index (κ1) is 20.1. The summed E-state index contributed by atoms with van der Waals surface area (Å²) < 4.78 is 31.8. The number of ketones is 1. The summed E-state index contributed by atoms with van der Waals surface area (Å²) in [6, 6.07) is -0.891. The normalized spacial score (nSPS) is 28.0. The van der Waals surface area contributed by atoms with Crippen molar-refractivity contribution in [1.29, 1.82) is 0 Å². The second-order valence-corrected chi connectivity index (χ2v) is 10.8. The van der Waals surface area contributed by atoms with Gasteiger partial charge in [0.1, 0.15) is 6.04 Å². The number of carbonyl (C=O) groups is 2. The molecule has 1 aliphatic carbocycles. The molecule has 2 aliphatic rings. The summed E-state index contributed by atoms with van der Waals surface area (Å²) in [6.45, 7) is 10.8. The molecule has 7 heteroatoms. The van der Waals surface area contributed by atoms with Crippen LogP contribution in [-0.2, 0) is 24.3 Å². The van der Waals surface area contributed by atoms with Gasteiger partial charge in [-0.25, -0.2) is 8.42 Å². The molecule has 3 atom stereocenters. The summed E-state index contributed by atoms with van der Waals surface area (Å²) in [5, 5.41) is 0. The second-order valence-electron chi connectivity index (χ2n) is 8.18. The van der Waals surface area contributed by atoms with E-state index in [9.17, 15) is 18.0 Å². The summed E-state index contributed by atoms with van der Waals surface area (Å²) in [5.74, 6) is -0.849. The molecule has 25 heavy (non-hydrogen) atoms. The van der Waals surface area contributed by atoms with Crippen molar-refractivity contribution >= 4 is 21.8 Å². The molecule has 142 valence electrons. The van der Waals surface area contributed by atoms with E-state index in [4.69, 9.17) is 4.74 Å². The summed E-state index contributed by atoms with van der Waals surface area (Å²) in [4.78, 5) is 24.7. The fraction of sp³-hybridized carbons (Fsp3) is 0.778. The lowest BCUT2D eigenvalue weighted by Gasteiger charge is -2.46. The highest BCUT2D eigenvalue weighted by atomic mass is 32.2. The topological polar surface area (TPSA) is 80.8 Å². The van der Waals surface area contributed by atoms with E-state index in [1.165, 1.54) is 4.31 Å². The molecule has 0 aromatic rings. The largest absolute Gasteiger partial charge is 0.465 e. The van der Waals surface area contributed by atoms with Crippen LogP contribution in [0.15, 0.2) is 11.6 Å². The van der Waals surface area contributed by atoms with Crippen molar-refractivity contribution in [2.45, 2.75) is 58.8 Å². The van der Waals surface area contributed by atoms with Gasteiger partial charge in [0.05, 0.1) is 11.4 Å². The van der Waals surface area contributed by atoms with Crippen LogP contribution >= 0.6 is 0 Å². The van der Waals surface area contributed by atoms with Crippen molar-refractivity contribution < 1.29 is 22.7 Å². The highest BCUT2D eigenvalue weighted by molar-refractivity contribution is 7.90. The summed E-state index contributed by atoms with van der Waals surface area (Å²) in [7, 11) is -3.75. The third kappa shape index (κ3) is 3.53. The minimum atomic E-state index is -3.75. The molecule has 0 aromatic heterocycles. The Morgan fingerprint density at radius 3 is 2.44 bits per heavy atom. The van der Waals surface area contributed by atoms with E-state index in [-0.39, 0.29) is 36.7 Å².